The number of rotatable bonds is 6. The van der Waals surface area contributed by atoms with E-state index in [9.17, 15) is 0 Å². The van der Waals surface area contributed by atoms with Crippen molar-refractivity contribution in [3.05, 3.63) is 5.69 Å². The van der Waals surface area contributed by atoms with Gasteiger partial charge in [-0.25, -0.2) is 0 Å². The average Bonchev–Trinajstić information content (AvgIpc) is 2.80. The first kappa shape index (κ1) is 13.7. The summed E-state index contributed by atoms with van der Waals surface area (Å²) in [4.78, 5) is 5.02. The van der Waals surface area contributed by atoms with Crippen molar-refractivity contribution in [1.82, 2.24) is 19.4 Å². The molecule has 2 rings (SSSR count). The predicted molar refractivity (Wildman–Crippen MR) is 76.1 cm³/mol. The van der Waals surface area contributed by atoms with Crippen molar-refractivity contribution in [3.63, 3.8) is 0 Å². The van der Waals surface area contributed by atoms with Crippen molar-refractivity contribution in [2.45, 2.75) is 26.8 Å². The molecule has 1 saturated heterocycles. The minimum Gasteiger partial charge on any atom is -0.374 e. The number of hydrogen-bond acceptors (Lipinski definition) is 6. The van der Waals surface area contributed by atoms with Gasteiger partial charge in [0.15, 0.2) is 0 Å². The molecule has 1 aliphatic rings. The third-order valence-electron chi connectivity index (χ3n) is 3.27. The van der Waals surface area contributed by atoms with Gasteiger partial charge in [0.1, 0.15) is 10.7 Å². The Hall–Kier alpha value is -0.720. The number of nitrogens with zero attached hydrogens (tertiary/aromatic N) is 4. The summed E-state index contributed by atoms with van der Waals surface area (Å²) in [5.41, 5.74) is 1.10. The SMILES string of the molecule is CCCN1CCN(Cc2nnsc2NCC)CC1. The second-order valence-electron chi connectivity index (χ2n) is 4.70. The third-order valence-corrected chi connectivity index (χ3v) is 4.00. The highest BCUT2D eigenvalue weighted by Gasteiger charge is 2.18. The van der Waals surface area contributed by atoms with Gasteiger partial charge in [-0.2, -0.15) is 0 Å². The molecule has 1 fully saturated rings. The van der Waals surface area contributed by atoms with Crippen molar-refractivity contribution in [2.75, 3.05) is 44.6 Å². The van der Waals surface area contributed by atoms with E-state index in [2.05, 4.69) is 38.6 Å². The van der Waals surface area contributed by atoms with Crippen molar-refractivity contribution >= 4 is 16.5 Å². The van der Waals surface area contributed by atoms with Crippen molar-refractivity contribution < 1.29 is 0 Å². The summed E-state index contributed by atoms with van der Waals surface area (Å²) in [5.74, 6) is 0. The molecule has 0 saturated carbocycles. The zero-order chi connectivity index (χ0) is 12.8. The summed E-state index contributed by atoms with van der Waals surface area (Å²) in [6.07, 6.45) is 1.25. The van der Waals surface area contributed by atoms with Gasteiger partial charge >= 0.3 is 0 Å². The van der Waals surface area contributed by atoms with Gasteiger partial charge in [-0.05, 0) is 19.9 Å². The summed E-state index contributed by atoms with van der Waals surface area (Å²) in [6, 6.07) is 0. The molecule has 0 bridgehead atoms. The zero-order valence-corrected chi connectivity index (χ0v) is 12.2. The van der Waals surface area contributed by atoms with E-state index in [1.54, 1.807) is 0 Å². The molecule has 0 spiro atoms. The normalized spacial score (nSPS) is 18.1. The Morgan fingerprint density at radius 1 is 1.17 bits per heavy atom. The van der Waals surface area contributed by atoms with Crippen LogP contribution in [0.4, 0.5) is 5.00 Å². The van der Waals surface area contributed by atoms with E-state index in [1.165, 1.54) is 37.6 Å². The van der Waals surface area contributed by atoms with Gasteiger partial charge in [0, 0.05) is 50.8 Å². The molecule has 1 N–H and O–H groups in total. The molecule has 1 aromatic heterocycles. The number of aromatic nitrogens is 2. The topological polar surface area (TPSA) is 44.3 Å². The highest BCUT2D eigenvalue weighted by molar-refractivity contribution is 7.10. The molecular weight excluding hydrogens is 246 g/mol. The summed E-state index contributed by atoms with van der Waals surface area (Å²) in [5, 5.41) is 8.70. The number of anilines is 1. The second-order valence-corrected chi connectivity index (χ2v) is 5.45. The summed E-state index contributed by atoms with van der Waals surface area (Å²) >= 11 is 1.46. The van der Waals surface area contributed by atoms with E-state index in [1.807, 2.05) is 0 Å². The molecule has 0 radical (unpaired) electrons. The maximum absolute atomic E-state index is 4.24. The van der Waals surface area contributed by atoms with Crippen LogP contribution in [0.15, 0.2) is 0 Å². The summed E-state index contributed by atoms with van der Waals surface area (Å²) < 4.78 is 4.04. The average molecular weight is 269 g/mol. The van der Waals surface area contributed by atoms with Crippen LogP contribution in [0.1, 0.15) is 26.0 Å². The molecule has 0 unspecified atom stereocenters. The predicted octanol–water partition coefficient (Wildman–Crippen LogP) is 1.50. The Bertz CT molecular complexity index is 346. The van der Waals surface area contributed by atoms with E-state index in [0.29, 0.717) is 0 Å². The van der Waals surface area contributed by atoms with Crippen LogP contribution in [-0.4, -0.2) is 58.7 Å². The quantitative estimate of drug-likeness (QED) is 0.848. The lowest BCUT2D eigenvalue weighted by Gasteiger charge is -2.34. The van der Waals surface area contributed by atoms with E-state index < -0.39 is 0 Å². The minimum atomic E-state index is 0.929. The highest BCUT2D eigenvalue weighted by Crippen LogP contribution is 2.19. The van der Waals surface area contributed by atoms with Gasteiger partial charge in [0.2, 0.25) is 0 Å². The van der Waals surface area contributed by atoms with Crippen molar-refractivity contribution in [1.29, 1.82) is 0 Å². The molecule has 1 aliphatic heterocycles. The van der Waals surface area contributed by atoms with Crippen LogP contribution in [0.3, 0.4) is 0 Å². The molecule has 0 atom stereocenters. The maximum Gasteiger partial charge on any atom is 0.134 e. The second kappa shape index (κ2) is 7.01. The molecule has 1 aromatic rings. The Balaban J connectivity index is 1.82. The zero-order valence-electron chi connectivity index (χ0n) is 11.4. The Labute approximate surface area is 113 Å². The first-order valence-electron chi connectivity index (χ1n) is 6.83. The molecule has 0 aliphatic carbocycles. The van der Waals surface area contributed by atoms with Crippen LogP contribution in [0.5, 0.6) is 0 Å². The monoisotopic (exact) mass is 269 g/mol. The molecule has 2 heterocycles. The smallest absolute Gasteiger partial charge is 0.134 e. The number of hydrogen-bond donors (Lipinski definition) is 1. The van der Waals surface area contributed by atoms with Crippen molar-refractivity contribution in [2.24, 2.45) is 0 Å². The van der Waals surface area contributed by atoms with E-state index in [-0.39, 0.29) is 0 Å². The van der Waals surface area contributed by atoms with Gasteiger partial charge in [-0.3, -0.25) is 4.90 Å². The van der Waals surface area contributed by atoms with E-state index >= 15 is 0 Å². The Kier molecular flexibility index (Phi) is 5.34. The maximum atomic E-state index is 4.24. The molecule has 18 heavy (non-hydrogen) atoms. The van der Waals surface area contributed by atoms with Crippen molar-refractivity contribution in [3.8, 4) is 0 Å². The lowest BCUT2D eigenvalue weighted by Crippen LogP contribution is -2.46. The number of piperazine rings is 1. The molecule has 102 valence electrons. The lowest BCUT2D eigenvalue weighted by atomic mass is 10.3. The Morgan fingerprint density at radius 3 is 2.56 bits per heavy atom. The van der Waals surface area contributed by atoms with E-state index in [4.69, 9.17) is 0 Å². The fraction of sp³-hybridized carbons (Fsp3) is 0.833. The van der Waals surface area contributed by atoms with Gasteiger partial charge < -0.3 is 10.2 Å². The first-order valence-corrected chi connectivity index (χ1v) is 7.60. The van der Waals surface area contributed by atoms with Gasteiger partial charge in [-0.1, -0.05) is 11.4 Å². The first-order chi connectivity index (χ1) is 8.83. The van der Waals surface area contributed by atoms with Gasteiger partial charge in [0.25, 0.3) is 0 Å². The third kappa shape index (κ3) is 3.63. The van der Waals surface area contributed by atoms with Crippen LogP contribution >= 0.6 is 11.5 Å². The van der Waals surface area contributed by atoms with Gasteiger partial charge in [0.05, 0.1) is 0 Å². The molecule has 0 aromatic carbocycles. The van der Waals surface area contributed by atoms with Crippen LogP contribution in [0.2, 0.25) is 0 Å². The fourth-order valence-electron chi connectivity index (χ4n) is 2.31. The van der Waals surface area contributed by atoms with E-state index in [0.717, 1.165) is 36.9 Å². The standard InChI is InChI=1S/C12H23N5S/c1-3-5-16-6-8-17(9-7-16)10-11-12(13-4-2)18-15-14-11/h13H,3-10H2,1-2H3. The summed E-state index contributed by atoms with van der Waals surface area (Å²) in [7, 11) is 0. The van der Waals surface area contributed by atoms with Gasteiger partial charge in [-0.15, -0.1) is 5.10 Å². The molecule has 5 nitrogen and oxygen atoms in total. The Morgan fingerprint density at radius 2 is 1.89 bits per heavy atom. The minimum absolute atomic E-state index is 0.929. The highest BCUT2D eigenvalue weighted by atomic mass is 32.1. The largest absolute Gasteiger partial charge is 0.374 e. The molecular formula is C12H23N5S. The van der Waals surface area contributed by atoms with Crippen LogP contribution in [0.25, 0.3) is 0 Å². The molecule has 6 heteroatoms. The lowest BCUT2D eigenvalue weighted by molar-refractivity contribution is 0.126. The van der Waals surface area contributed by atoms with Crippen LogP contribution in [-0.2, 0) is 6.54 Å². The van der Waals surface area contributed by atoms with Crippen LogP contribution in [0, 0.1) is 0 Å². The summed E-state index contributed by atoms with van der Waals surface area (Å²) in [6.45, 7) is 12.1. The molecule has 0 amide bonds. The fourth-order valence-corrected chi connectivity index (χ4v) is 2.95. The number of nitrogens with one attached hydrogen (secondary N) is 1. The van der Waals surface area contributed by atoms with Crippen LogP contribution < -0.4 is 5.32 Å².